The van der Waals surface area contributed by atoms with E-state index < -0.39 is 5.82 Å². The van der Waals surface area contributed by atoms with Crippen molar-refractivity contribution in [2.24, 2.45) is 0 Å². The largest absolute Gasteiger partial charge is 0.494 e. The SMILES string of the molecule is COc1ccc(CC(=O)N2CCN(C[C@H](C)O)CC2)cc1F. The third-order valence-corrected chi connectivity index (χ3v) is 3.82. The molecule has 122 valence electrons. The standard InChI is InChI=1S/C16H23FN2O3/c1-12(20)11-18-5-7-19(8-6-18)16(21)10-13-3-4-15(22-2)14(17)9-13/h3-4,9,12,20H,5-8,10-11H2,1-2H3/t12-/m0/s1. The summed E-state index contributed by atoms with van der Waals surface area (Å²) in [6.07, 6.45) is -0.165. The summed E-state index contributed by atoms with van der Waals surface area (Å²) in [5.74, 6) is -0.265. The molecule has 1 aliphatic heterocycles. The lowest BCUT2D eigenvalue weighted by Gasteiger charge is -2.35. The number of benzene rings is 1. The Bertz CT molecular complexity index is 514. The van der Waals surface area contributed by atoms with E-state index in [0.29, 0.717) is 25.2 Å². The van der Waals surface area contributed by atoms with Crippen molar-refractivity contribution in [3.63, 3.8) is 0 Å². The first kappa shape index (κ1) is 16.7. The Balaban J connectivity index is 1.87. The smallest absolute Gasteiger partial charge is 0.227 e. The lowest BCUT2D eigenvalue weighted by Crippen LogP contribution is -2.50. The number of aliphatic hydroxyl groups is 1. The number of aliphatic hydroxyl groups excluding tert-OH is 1. The molecule has 0 aromatic heterocycles. The number of hydrogen-bond donors (Lipinski definition) is 1. The van der Waals surface area contributed by atoms with Gasteiger partial charge >= 0.3 is 0 Å². The third kappa shape index (κ3) is 4.42. The fourth-order valence-corrected chi connectivity index (χ4v) is 2.66. The summed E-state index contributed by atoms with van der Waals surface area (Å²) in [7, 11) is 1.41. The van der Waals surface area contributed by atoms with E-state index in [0.717, 1.165) is 13.1 Å². The van der Waals surface area contributed by atoms with E-state index in [2.05, 4.69) is 4.90 Å². The Morgan fingerprint density at radius 2 is 2.05 bits per heavy atom. The van der Waals surface area contributed by atoms with E-state index in [1.807, 2.05) is 0 Å². The molecule has 5 nitrogen and oxygen atoms in total. The predicted molar refractivity (Wildman–Crippen MR) is 81.4 cm³/mol. The maximum absolute atomic E-state index is 13.6. The number of methoxy groups -OCH3 is 1. The molecule has 1 aromatic carbocycles. The van der Waals surface area contributed by atoms with Gasteiger partial charge in [-0.05, 0) is 24.6 Å². The van der Waals surface area contributed by atoms with Crippen molar-refractivity contribution in [1.82, 2.24) is 9.80 Å². The fourth-order valence-electron chi connectivity index (χ4n) is 2.66. The van der Waals surface area contributed by atoms with Crippen molar-refractivity contribution in [2.75, 3.05) is 39.8 Å². The summed E-state index contributed by atoms with van der Waals surface area (Å²) < 4.78 is 18.5. The number of hydrogen-bond acceptors (Lipinski definition) is 4. The molecule has 1 saturated heterocycles. The van der Waals surface area contributed by atoms with Crippen molar-refractivity contribution in [3.8, 4) is 5.75 Å². The maximum Gasteiger partial charge on any atom is 0.227 e. The third-order valence-electron chi connectivity index (χ3n) is 3.82. The second-order valence-electron chi connectivity index (χ2n) is 5.68. The van der Waals surface area contributed by atoms with Crippen molar-refractivity contribution >= 4 is 5.91 Å². The van der Waals surface area contributed by atoms with Crippen LogP contribution in [-0.4, -0.2) is 66.8 Å². The maximum atomic E-state index is 13.6. The van der Waals surface area contributed by atoms with Crippen LogP contribution in [0.3, 0.4) is 0 Å². The molecular weight excluding hydrogens is 287 g/mol. The summed E-state index contributed by atoms with van der Waals surface area (Å²) in [5.41, 5.74) is 0.648. The lowest BCUT2D eigenvalue weighted by atomic mass is 10.1. The highest BCUT2D eigenvalue weighted by atomic mass is 19.1. The molecule has 0 aliphatic carbocycles. The molecule has 22 heavy (non-hydrogen) atoms. The molecule has 1 aliphatic rings. The molecule has 0 unspecified atom stereocenters. The fraction of sp³-hybridized carbons (Fsp3) is 0.562. The number of rotatable bonds is 5. The molecular formula is C16H23FN2O3. The molecule has 1 aromatic rings. The van der Waals surface area contributed by atoms with Crippen LogP contribution in [0.5, 0.6) is 5.75 Å². The summed E-state index contributed by atoms with van der Waals surface area (Å²) >= 11 is 0. The summed E-state index contributed by atoms with van der Waals surface area (Å²) in [4.78, 5) is 16.2. The first-order chi connectivity index (χ1) is 10.5. The van der Waals surface area contributed by atoms with Gasteiger partial charge in [0.2, 0.25) is 5.91 Å². The van der Waals surface area contributed by atoms with Crippen LogP contribution in [0.1, 0.15) is 12.5 Å². The minimum Gasteiger partial charge on any atom is -0.494 e. The van der Waals surface area contributed by atoms with Gasteiger partial charge < -0.3 is 14.7 Å². The first-order valence-corrected chi connectivity index (χ1v) is 7.50. The van der Waals surface area contributed by atoms with Gasteiger partial charge in [0.15, 0.2) is 11.6 Å². The Hall–Kier alpha value is -1.66. The molecule has 2 rings (SSSR count). The van der Waals surface area contributed by atoms with Gasteiger partial charge in [-0.15, -0.1) is 0 Å². The Kier molecular flexibility index (Phi) is 5.74. The predicted octanol–water partition coefficient (Wildman–Crippen LogP) is 0.902. The van der Waals surface area contributed by atoms with Crippen LogP contribution in [0.25, 0.3) is 0 Å². The molecule has 6 heteroatoms. The normalized spacial score (nSPS) is 17.4. The number of β-amino-alcohol motifs (C(OH)–C–C–N with tert-alkyl or cyclic N) is 1. The zero-order chi connectivity index (χ0) is 16.1. The van der Waals surface area contributed by atoms with Crippen LogP contribution in [-0.2, 0) is 11.2 Å². The van der Waals surface area contributed by atoms with Gasteiger partial charge in [0, 0.05) is 32.7 Å². The zero-order valence-corrected chi connectivity index (χ0v) is 13.1. The van der Waals surface area contributed by atoms with Crippen LogP contribution in [0.2, 0.25) is 0 Å². The summed E-state index contributed by atoms with van der Waals surface area (Å²) in [5, 5.41) is 9.38. The van der Waals surface area contributed by atoms with Gasteiger partial charge in [-0.1, -0.05) is 6.07 Å². The zero-order valence-electron chi connectivity index (χ0n) is 13.1. The van der Waals surface area contributed by atoms with Crippen molar-refractivity contribution < 1.29 is 19.0 Å². The topological polar surface area (TPSA) is 53.0 Å². The number of amides is 1. The van der Waals surface area contributed by atoms with Crippen molar-refractivity contribution in [3.05, 3.63) is 29.6 Å². The van der Waals surface area contributed by atoms with E-state index in [1.54, 1.807) is 24.0 Å². The molecule has 1 N–H and O–H groups in total. The van der Waals surface area contributed by atoms with Crippen LogP contribution in [0.15, 0.2) is 18.2 Å². The number of ether oxygens (including phenoxy) is 1. The molecule has 0 bridgehead atoms. The Morgan fingerprint density at radius 3 is 2.59 bits per heavy atom. The lowest BCUT2D eigenvalue weighted by molar-refractivity contribution is -0.132. The van der Waals surface area contributed by atoms with Gasteiger partial charge in [0.05, 0.1) is 19.6 Å². The van der Waals surface area contributed by atoms with E-state index in [4.69, 9.17) is 4.74 Å². The average Bonchev–Trinajstić information content (AvgIpc) is 2.47. The minimum absolute atomic E-state index is 0.00117. The molecule has 0 spiro atoms. The van der Waals surface area contributed by atoms with Gasteiger partial charge in [-0.25, -0.2) is 4.39 Å². The number of carbonyl (C=O) groups is 1. The highest BCUT2D eigenvalue weighted by molar-refractivity contribution is 5.79. The molecule has 1 fully saturated rings. The second kappa shape index (κ2) is 7.56. The molecule has 0 radical (unpaired) electrons. The van der Waals surface area contributed by atoms with Gasteiger partial charge in [-0.3, -0.25) is 9.69 Å². The molecule has 1 heterocycles. The highest BCUT2D eigenvalue weighted by Gasteiger charge is 2.22. The monoisotopic (exact) mass is 310 g/mol. The first-order valence-electron chi connectivity index (χ1n) is 7.50. The van der Waals surface area contributed by atoms with E-state index in [9.17, 15) is 14.3 Å². The Morgan fingerprint density at radius 1 is 1.36 bits per heavy atom. The van der Waals surface area contributed by atoms with Crippen molar-refractivity contribution in [1.29, 1.82) is 0 Å². The van der Waals surface area contributed by atoms with Crippen LogP contribution < -0.4 is 4.74 Å². The van der Waals surface area contributed by atoms with Gasteiger partial charge in [0.1, 0.15) is 0 Å². The second-order valence-corrected chi connectivity index (χ2v) is 5.68. The molecule has 1 amide bonds. The van der Waals surface area contributed by atoms with Gasteiger partial charge in [0.25, 0.3) is 0 Å². The van der Waals surface area contributed by atoms with Crippen LogP contribution in [0.4, 0.5) is 4.39 Å². The average molecular weight is 310 g/mol. The van der Waals surface area contributed by atoms with Crippen molar-refractivity contribution in [2.45, 2.75) is 19.4 Å². The molecule has 0 saturated carbocycles. The van der Waals surface area contributed by atoms with E-state index in [-0.39, 0.29) is 24.2 Å². The van der Waals surface area contributed by atoms with Crippen LogP contribution in [0, 0.1) is 5.82 Å². The quantitative estimate of drug-likeness (QED) is 0.878. The van der Waals surface area contributed by atoms with Crippen LogP contribution >= 0.6 is 0 Å². The summed E-state index contributed by atoms with van der Waals surface area (Å²) in [6.45, 7) is 5.19. The molecule has 1 atom stereocenters. The summed E-state index contributed by atoms with van der Waals surface area (Å²) in [6, 6.07) is 4.60. The number of halogens is 1. The highest BCUT2D eigenvalue weighted by Crippen LogP contribution is 2.18. The van der Waals surface area contributed by atoms with Gasteiger partial charge in [-0.2, -0.15) is 0 Å². The number of piperazine rings is 1. The number of carbonyl (C=O) groups excluding carboxylic acids is 1. The minimum atomic E-state index is -0.449. The van der Waals surface area contributed by atoms with E-state index >= 15 is 0 Å². The van der Waals surface area contributed by atoms with E-state index in [1.165, 1.54) is 13.2 Å². The Labute approximate surface area is 130 Å². The number of nitrogens with zero attached hydrogens (tertiary/aromatic N) is 2.